The Hall–Kier alpha value is -1.60. The molecule has 0 N–H and O–H groups in total. The molecule has 0 spiro atoms. The molecule has 0 saturated carbocycles. The van der Waals surface area contributed by atoms with Crippen molar-refractivity contribution in [3.63, 3.8) is 0 Å². The summed E-state index contributed by atoms with van der Waals surface area (Å²) in [6.45, 7) is 3.57. The van der Waals surface area contributed by atoms with Crippen molar-refractivity contribution in [1.82, 2.24) is 4.90 Å². The second kappa shape index (κ2) is 6.44. The molecule has 0 saturated heterocycles. The third-order valence-electron chi connectivity index (χ3n) is 4.93. The number of fused-ring (bicyclic) bond motifs is 1. The molecule has 0 fully saturated rings. The van der Waals surface area contributed by atoms with E-state index in [1.54, 1.807) is 0 Å². The lowest BCUT2D eigenvalue weighted by Crippen LogP contribution is -2.35. The normalized spacial score (nSPS) is 23.7. The van der Waals surface area contributed by atoms with Crippen molar-refractivity contribution in [3.05, 3.63) is 71.3 Å². The van der Waals surface area contributed by atoms with Gasteiger partial charge in [0.05, 0.1) is 0 Å². The van der Waals surface area contributed by atoms with Gasteiger partial charge in [-0.1, -0.05) is 54.6 Å². The number of likely N-dealkylation sites (N-methyl/N-ethyl adjacent to an activating group) is 1. The lowest BCUT2D eigenvalue weighted by Gasteiger charge is -2.33. The molecular weight excluding hydrogens is 254 g/mol. The van der Waals surface area contributed by atoms with E-state index in [1.165, 1.54) is 42.5 Å². The fourth-order valence-corrected chi connectivity index (χ4v) is 3.58. The van der Waals surface area contributed by atoms with Crippen LogP contribution in [0.2, 0.25) is 0 Å². The fraction of sp³-hybridized carbons (Fsp3) is 0.400. The van der Waals surface area contributed by atoms with Gasteiger partial charge in [-0.25, -0.2) is 0 Å². The van der Waals surface area contributed by atoms with Gasteiger partial charge in [-0.15, -0.1) is 0 Å². The summed E-state index contributed by atoms with van der Waals surface area (Å²) < 4.78 is 0. The quantitative estimate of drug-likeness (QED) is 0.744. The Bertz CT molecular complexity index is 575. The summed E-state index contributed by atoms with van der Waals surface area (Å²) in [4.78, 5) is 2.53. The van der Waals surface area contributed by atoms with Crippen LogP contribution < -0.4 is 0 Å². The zero-order valence-electron chi connectivity index (χ0n) is 13.1. The van der Waals surface area contributed by atoms with Crippen LogP contribution in [0.5, 0.6) is 0 Å². The van der Waals surface area contributed by atoms with E-state index in [1.807, 2.05) is 0 Å². The molecule has 1 aliphatic heterocycles. The van der Waals surface area contributed by atoms with Crippen molar-refractivity contribution in [2.24, 2.45) is 0 Å². The van der Waals surface area contributed by atoms with Crippen LogP contribution in [-0.2, 0) is 6.42 Å². The number of rotatable bonds is 1. The van der Waals surface area contributed by atoms with E-state index in [-0.39, 0.29) is 0 Å². The molecule has 2 atom stereocenters. The maximum Gasteiger partial charge on any atom is 0.0245 e. The van der Waals surface area contributed by atoms with Gasteiger partial charge >= 0.3 is 0 Å². The first kappa shape index (κ1) is 14.3. The van der Waals surface area contributed by atoms with Gasteiger partial charge in [0.2, 0.25) is 0 Å². The monoisotopic (exact) mass is 279 g/mol. The van der Waals surface area contributed by atoms with Crippen LogP contribution in [0.25, 0.3) is 0 Å². The topological polar surface area (TPSA) is 3.24 Å². The second-order valence-corrected chi connectivity index (χ2v) is 6.27. The summed E-state index contributed by atoms with van der Waals surface area (Å²) in [7, 11) is 2.27. The maximum atomic E-state index is 2.53. The van der Waals surface area contributed by atoms with Gasteiger partial charge in [0.25, 0.3) is 0 Å². The number of nitrogens with zero attached hydrogens (tertiary/aromatic N) is 1. The minimum absolute atomic E-state index is 0.463. The molecule has 0 amide bonds. The molecular formula is C20H25N. The van der Waals surface area contributed by atoms with Crippen molar-refractivity contribution in [2.75, 3.05) is 13.6 Å². The standard InChI is InChI=1S/C20H25N/c1-16-20(18-12-4-3-5-13-18)19-14-7-6-10-17(19)11-8-9-15-21(16)2/h3-7,10,12-14,16,20H,8-9,11,15H2,1-2H3/t16-,20+/m0/s1. The van der Waals surface area contributed by atoms with Crippen LogP contribution >= 0.6 is 0 Å². The van der Waals surface area contributed by atoms with Crippen molar-refractivity contribution >= 4 is 0 Å². The van der Waals surface area contributed by atoms with Gasteiger partial charge in [-0.2, -0.15) is 0 Å². The van der Waals surface area contributed by atoms with Gasteiger partial charge in [-0.3, -0.25) is 0 Å². The lowest BCUT2D eigenvalue weighted by atomic mass is 9.82. The lowest BCUT2D eigenvalue weighted by molar-refractivity contribution is 0.237. The first-order valence-electron chi connectivity index (χ1n) is 8.10. The van der Waals surface area contributed by atoms with E-state index in [9.17, 15) is 0 Å². The third kappa shape index (κ3) is 3.03. The molecule has 0 radical (unpaired) electrons. The number of hydrogen-bond donors (Lipinski definition) is 0. The Morgan fingerprint density at radius 2 is 1.62 bits per heavy atom. The molecule has 0 aliphatic carbocycles. The Kier molecular flexibility index (Phi) is 4.40. The number of hydrogen-bond acceptors (Lipinski definition) is 1. The van der Waals surface area contributed by atoms with E-state index in [4.69, 9.17) is 0 Å². The van der Waals surface area contributed by atoms with Crippen LogP contribution in [0.4, 0.5) is 0 Å². The van der Waals surface area contributed by atoms with E-state index in [2.05, 4.69) is 73.5 Å². The molecule has 2 aromatic carbocycles. The van der Waals surface area contributed by atoms with Crippen LogP contribution in [0, 0.1) is 0 Å². The molecule has 1 heterocycles. The van der Waals surface area contributed by atoms with Gasteiger partial charge in [0.15, 0.2) is 0 Å². The third-order valence-corrected chi connectivity index (χ3v) is 4.93. The zero-order valence-corrected chi connectivity index (χ0v) is 13.1. The highest BCUT2D eigenvalue weighted by Crippen LogP contribution is 2.34. The summed E-state index contributed by atoms with van der Waals surface area (Å²) >= 11 is 0. The molecule has 1 nitrogen and oxygen atoms in total. The molecule has 0 bridgehead atoms. The summed E-state index contributed by atoms with van der Waals surface area (Å²) in [5.41, 5.74) is 4.49. The molecule has 2 aromatic rings. The average Bonchev–Trinajstić information content (AvgIpc) is 2.58. The number of aryl methyl sites for hydroxylation is 1. The Labute approximate surface area is 128 Å². The summed E-state index contributed by atoms with van der Waals surface area (Å²) in [5.74, 6) is 0.463. The zero-order chi connectivity index (χ0) is 14.7. The molecule has 110 valence electrons. The second-order valence-electron chi connectivity index (χ2n) is 6.27. The minimum atomic E-state index is 0.463. The first-order valence-corrected chi connectivity index (χ1v) is 8.10. The average molecular weight is 279 g/mol. The van der Waals surface area contributed by atoms with Crippen LogP contribution in [0.15, 0.2) is 54.6 Å². The minimum Gasteiger partial charge on any atom is -0.303 e. The molecule has 1 aliphatic rings. The van der Waals surface area contributed by atoms with Crippen molar-refractivity contribution in [2.45, 2.75) is 38.1 Å². The summed E-state index contributed by atoms with van der Waals surface area (Å²) in [6, 6.07) is 20.6. The van der Waals surface area contributed by atoms with E-state index in [0.717, 1.165) is 0 Å². The van der Waals surface area contributed by atoms with Crippen molar-refractivity contribution in [1.29, 1.82) is 0 Å². The highest BCUT2D eigenvalue weighted by molar-refractivity contribution is 5.39. The maximum absolute atomic E-state index is 2.53. The van der Waals surface area contributed by atoms with Crippen LogP contribution in [-0.4, -0.2) is 24.5 Å². The predicted octanol–water partition coefficient (Wildman–Crippen LogP) is 4.48. The smallest absolute Gasteiger partial charge is 0.0245 e. The Morgan fingerprint density at radius 3 is 2.43 bits per heavy atom. The molecule has 0 unspecified atom stereocenters. The van der Waals surface area contributed by atoms with E-state index in [0.29, 0.717) is 12.0 Å². The highest BCUT2D eigenvalue weighted by Gasteiger charge is 2.27. The van der Waals surface area contributed by atoms with Crippen LogP contribution in [0.1, 0.15) is 42.4 Å². The molecule has 3 rings (SSSR count). The van der Waals surface area contributed by atoms with Gasteiger partial charge in [0, 0.05) is 12.0 Å². The Morgan fingerprint density at radius 1 is 0.905 bits per heavy atom. The van der Waals surface area contributed by atoms with Gasteiger partial charge in [0.1, 0.15) is 0 Å². The van der Waals surface area contributed by atoms with Gasteiger partial charge in [-0.05, 0) is 56.5 Å². The summed E-state index contributed by atoms with van der Waals surface area (Å²) in [5, 5.41) is 0. The first-order chi connectivity index (χ1) is 10.3. The molecule has 1 heteroatoms. The van der Waals surface area contributed by atoms with Crippen molar-refractivity contribution < 1.29 is 0 Å². The van der Waals surface area contributed by atoms with E-state index < -0.39 is 0 Å². The fourth-order valence-electron chi connectivity index (χ4n) is 3.58. The Balaban J connectivity index is 2.11. The molecule has 0 aromatic heterocycles. The molecule has 21 heavy (non-hydrogen) atoms. The predicted molar refractivity (Wildman–Crippen MR) is 89.8 cm³/mol. The SMILES string of the molecule is C[C@H]1[C@H](c2ccccc2)c2ccccc2CCCCN1C. The van der Waals surface area contributed by atoms with Crippen molar-refractivity contribution in [3.8, 4) is 0 Å². The summed E-state index contributed by atoms with van der Waals surface area (Å²) in [6.07, 6.45) is 3.78. The van der Waals surface area contributed by atoms with Crippen LogP contribution in [0.3, 0.4) is 0 Å². The largest absolute Gasteiger partial charge is 0.303 e. The van der Waals surface area contributed by atoms with Gasteiger partial charge < -0.3 is 4.90 Å². The van der Waals surface area contributed by atoms with E-state index >= 15 is 0 Å². The highest BCUT2D eigenvalue weighted by atomic mass is 15.1. The number of benzene rings is 2.